The highest BCUT2D eigenvalue weighted by atomic mass is 127. The van der Waals surface area contributed by atoms with E-state index in [-0.39, 0.29) is 29.7 Å². The first kappa shape index (κ1) is 27.4. The minimum absolute atomic E-state index is 0. The number of guanidine groups is 1. The normalized spacial score (nSPS) is 12.0. The molecule has 0 radical (unpaired) electrons. The zero-order valence-corrected chi connectivity index (χ0v) is 21.8. The highest BCUT2D eigenvalue weighted by molar-refractivity contribution is 14.0. The molecule has 1 heterocycles. The zero-order chi connectivity index (χ0) is 22.0. The Bertz CT molecular complexity index is 927. The fourth-order valence-electron chi connectivity index (χ4n) is 3.10. The molecule has 10 heteroatoms. The van der Waals surface area contributed by atoms with Crippen molar-refractivity contribution in [1.82, 2.24) is 20.5 Å². The van der Waals surface area contributed by atoms with Crippen molar-refractivity contribution < 1.29 is 12.9 Å². The first-order valence-corrected chi connectivity index (χ1v) is 12.0. The Hall–Kier alpha value is -1.66. The Balaban J connectivity index is 0.00000480. The summed E-state index contributed by atoms with van der Waals surface area (Å²) < 4.78 is 31.3. The molecule has 8 nitrogen and oxygen atoms in total. The Morgan fingerprint density at radius 2 is 1.84 bits per heavy atom. The molecule has 0 unspecified atom stereocenters. The van der Waals surface area contributed by atoms with Gasteiger partial charge in [-0.3, -0.25) is 0 Å². The molecule has 2 aromatic rings. The molecule has 0 saturated carbocycles. The van der Waals surface area contributed by atoms with Gasteiger partial charge in [0.15, 0.2) is 11.7 Å². The highest BCUT2D eigenvalue weighted by Crippen LogP contribution is 2.22. The molecule has 0 atom stereocenters. The van der Waals surface area contributed by atoms with Gasteiger partial charge in [0.05, 0.1) is 24.5 Å². The molecular formula is C21H34IN5O3S. The standard InChI is InChI=1S/C21H33N5O3S.HI/c1-5-18(6-2)20-12-19(29-26-20)14-25-21(23-7-3)24-13-16-9-8-10-17(11-16)15-30(27,28)22-4;/h8-12,18,22H,5-7,13-15H2,1-4H3,(H2,23,24,25);1H. The van der Waals surface area contributed by atoms with Gasteiger partial charge in [-0.2, -0.15) is 0 Å². The number of hydrogen-bond acceptors (Lipinski definition) is 5. The molecule has 0 spiro atoms. The van der Waals surface area contributed by atoms with Gasteiger partial charge in [0.2, 0.25) is 10.0 Å². The van der Waals surface area contributed by atoms with Crippen molar-refractivity contribution in [2.45, 2.75) is 58.4 Å². The van der Waals surface area contributed by atoms with E-state index in [1.165, 1.54) is 7.05 Å². The molecule has 0 amide bonds. The van der Waals surface area contributed by atoms with Crippen LogP contribution in [0.15, 0.2) is 39.8 Å². The van der Waals surface area contributed by atoms with Crippen molar-refractivity contribution >= 4 is 40.0 Å². The summed E-state index contributed by atoms with van der Waals surface area (Å²) in [6.45, 7) is 7.94. The molecule has 0 aliphatic heterocycles. The first-order chi connectivity index (χ1) is 14.4. The summed E-state index contributed by atoms with van der Waals surface area (Å²) in [4.78, 5) is 4.60. The second-order valence-electron chi connectivity index (χ2n) is 7.06. The molecule has 3 N–H and O–H groups in total. The summed E-state index contributed by atoms with van der Waals surface area (Å²) in [5, 5.41) is 10.7. The second kappa shape index (κ2) is 13.7. The SMILES string of the molecule is CCNC(=NCc1cccc(CS(=O)(=O)NC)c1)NCc1cc(C(CC)CC)no1.I. The molecule has 1 aromatic heterocycles. The van der Waals surface area contributed by atoms with E-state index in [1.54, 1.807) is 6.07 Å². The number of aliphatic imine (C=N–C) groups is 1. The molecule has 0 fully saturated rings. The maximum Gasteiger partial charge on any atom is 0.215 e. The molecule has 1 aromatic carbocycles. The van der Waals surface area contributed by atoms with E-state index >= 15 is 0 Å². The van der Waals surface area contributed by atoms with E-state index in [2.05, 4.69) is 39.4 Å². The van der Waals surface area contributed by atoms with Crippen LogP contribution in [0.1, 0.15) is 62.1 Å². The summed E-state index contributed by atoms with van der Waals surface area (Å²) in [7, 11) is -1.89. The van der Waals surface area contributed by atoms with E-state index in [9.17, 15) is 8.42 Å². The van der Waals surface area contributed by atoms with Crippen LogP contribution >= 0.6 is 24.0 Å². The van der Waals surface area contributed by atoms with Gasteiger partial charge in [-0.1, -0.05) is 43.3 Å². The van der Waals surface area contributed by atoms with Crippen molar-refractivity contribution in [3.63, 3.8) is 0 Å². The number of benzene rings is 1. The summed E-state index contributed by atoms with van der Waals surface area (Å²) >= 11 is 0. The first-order valence-electron chi connectivity index (χ1n) is 10.4. The maximum atomic E-state index is 11.8. The zero-order valence-electron chi connectivity index (χ0n) is 18.6. The summed E-state index contributed by atoms with van der Waals surface area (Å²) in [5.41, 5.74) is 2.66. The molecule has 31 heavy (non-hydrogen) atoms. The van der Waals surface area contributed by atoms with Crippen LogP contribution in [0.4, 0.5) is 0 Å². The summed E-state index contributed by atoms with van der Waals surface area (Å²) in [6, 6.07) is 9.44. The average Bonchev–Trinajstić information content (AvgIpc) is 3.20. The number of hydrogen-bond donors (Lipinski definition) is 3. The monoisotopic (exact) mass is 563 g/mol. The van der Waals surface area contributed by atoms with Gasteiger partial charge in [0.1, 0.15) is 0 Å². The van der Waals surface area contributed by atoms with Crippen LogP contribution in [-0.2, 0) is 28.9 Å². The van der Waals surface area contributed by atoms with Crippen molar-refractivity contribution in [2.75, 3.05) is 13.6 Å². The van der Waals surface area contributed by atoms with Crippen molar-refractivity contribution in [3.05, 3.63) is 52.9 Å². The topological polar surface area (TPSA) is 109 Å². The lowest BCUT2D eigenvalue weighted by molar-refractivity contribution is 0.368. The Kier molecular flexibility index (Phi) is 12.1. The summed E-state index contributed by atoms with van der Waals surface area (Å²) in [6.07, 6.45) is 2.07. The summed E-state index contributed by atoms with van der Waals surface area (Å²) in [5.74, 6) is 1.79. The molecule has 0 aliphatic rings. The van der Waals surface area contributed by atoms with Gasteiger partial charge in [0.25, 0.3) is 0 Å². The Labute approximate surface area is 202 Å². The van der Waals surface area contributed by atoms with Crippen molar-refractivity contribution in [2.24, 2.45) is 4.99 Å². The minimum atomic E-state index is -3.30. The highest BCUT2D eigenvalue weighted by Gasteiger charge is 2.13. The van der Waals surface area contributed by atoms with Gasteiger partial charge in [-0.05, 0) is 37.9 Å². The molecule has 0 bridgehead atoms. The van der Waals surface area contributed by atoms with Gasteiger partial charge >= 0.3 is 0 Å². The lowest BCUT2D eigenvalue weighted by Gasteiger charge is -2.10. The van der Waals surface area contributed by atoms with Crippen LogP contribution in [0.5, 0.6) is 0 Å². The third-order valence-electron chi connectivity index (χ3n) is 4.83. The number of rotatable bonds is 11. The van der Waals surface area contributed by atoms with E-state index in [0.29, 0.717) is 25.0 Å². The third kappa shape index (κ3) is 9.16. The number of nitrogens with one attached hydrogen (secondary N) is 3. The van der Waals surface area contributed by atoms with E-state index in [4.69, 9.17) is 4.52 Å². The smallest absolute Gasteiger partial charge is 0.215 e. The lowest BCUT2D eigenvalue weighted by Crippen LogP contribution is -2.36. The van der Waals surface area contributed by atoms with Crippen molar-refractivity contribution in [1.29, 1.82) is 0 Å². The maximum absolute atomic E-state index is 11.8. The quantitative estimate of drug-likeness (QED) is 0.220. The predicted molar refractivity (Wildman–Crippen MR) is 135 cm³/mol. The second-order valence-corrected chi connectivity index (χ2v) is 8.99. The van der Waals surface area contributed by atoms with Gasteiger partial charge in [-0.25, -0.2) is 18.1 Å². The minimum Gasteiger partial charge on any atom is -0.359 e. The largest absolute Gasteiger partial charge is 0.359 e. The van der Waals surface area contributed by atoms with Crippen LogP contribution in [0.2, 0.25) is 0 Å². The molecular weight excluding hydrogens is 529 g/mol. The van der Waals surface area contributed by atoms with Gasteiger partial charge in [0, 0.05) is 18.5 Å². The fourth-order valence-corrected chi connectivity index (χ4v) is 3.87. The third-order valence-corrected chi connectivity index (χ3v) is 6.17. The predicted octanol–water partition coefficient (Wildman–Crippen LogP) is 3.50. The fraction of sp³-hybridized carbons (Fsp3) is 0.524. The van der Waals surface area contributed by atoms with Crippen LogP contribution in [0.3, 0.4) is 0 Å². The number of halogens is 1. The molecule has 0 aliphatic carbocycles. The molecule has 174 valence electrons. The average molecular weight is 564 g/mol. The number of sulfonamides is 1. The van der Waals surface area contributed by atoms with E-state index in [0.717, 1.165) is 42.0 Å². The lowest BCUT2D eigenvalue weighted by atomic mass is 9.99. The van der Waals surface area contributed by atoms with Crippen LogP contribution < -0.4 is 15.4 Å². The number of nitrogens with zero attached hydrogens (tertiary/aromatic N) is 2. The number of aromatic nitrogens is 1. The Morgan fingerprint density at radius 1 is 1.13 bits per heavy atom. The van der Waals surface area contributed by atoms with Crippen LogP contribution in [0, 0.1) is 0 Å². The molecule has 2 rings (SSSR count). The Morgan fingerprint density at radius 3 is 2.48 bits per heavy atom. The van der Waals surface area contributed by atoms with E-state index in [1.807, 2.05) is 31.2 Å². The van der Waals surface area contributed by atoms with Gasteiger partial charge < -0.3 is 15.2 Å². The van der Waals surface area contributed by atoms with Crippen molar-refractivity contribution in [3.8, 4) is 0 Å². The van der Waals surface area contributed by atoms with Crippen LogP contribution in [-0.4, -0.2) is 33.1 Å². The molecule has 0 saturated heterocycles. The van der Waals surface area contributed by atoms with Crippen LogP contribution in [0.25, 0.3) is 0 Å². The van der Waals surface area contributed by atoms with Gasteiger partial charge in [-0.15, -0.1) is 24.0 Å². The van der Waals surface area contributed by atoms with E-state index < -0.39 is 10.0 Å².